The van der Waals surface area contributed by atoms with Crippen LogP contribution >= 0.6 is 35.3 Å². The predicted molar refractivity (Wildman–Crippen MR) is 123 cm³/mol. The fourth-order valence-corrected chi connectivity index (χ4v) is 3.67. The third kappa shape index (κ3) is 8.96. The van der Waals surface area contributed by atoms with Crippen LogP contribution in [0.1, 0.15) is 36.6 Å². The number of guanidine groups is 1. The molecule has 150 valence electrons. The van der Waals surface area contributed by atoms with Crippen molar-refractivity contribution in [3.8, 4) is 0 Å². The Morgan fingerprint density at radius 2 is 1.88 bits per heavy atom. The number of hydrogen-bond acceptors (Lipinski definition) is 5. The standard InChI is InChI=1S/C18H34N6S.HI/c1-4-19-18(22-15-17-21-14-16(3)25-17)20-8-6-7-9-24-12-10-23(5-2)11-13-24;/h14H,4-13,15H2,1-3H3,(H2,19,20,22);1H. The maximum absolute atomic E-state index is 4.63. The highest BCUT2D eigenvalue weighted by molar-refractivity contribution is 14.0. The zero-order valence-electron chi connectivity index (χ0n) is 16.5. The van der Waals surface area contributed by atoms with Gasteiger partial charge in [0.05, 0.1) is 6.54 Å². The van der Waals surface area contributed by atoms with E-state index in [2.05, 4.69) is 51.2 Å². The second kappa shape index (κ2) is 13.7. The van der Waals surface area contributed by atoms with Crippen molar-refractivity contribution in [1.29, 1.82) is 0 Å². The fourth-order valence-electron chi connectivity index (χ4n) is 2.96. The van der Waals surface area contributed by atoms with Gasteiger partial charge in [-0.15, -0.1) is 35.3 Å². The molecule has 1 aromatic heterocycles. The molecule has 8 heteroatoms. The molecule has 1 aromatic rings. The molecular formula is C18H35IN6S. The van der Waals surface area contributed by atoms with E-state index in [0.717, 1.165) is 24.1 Å². The van der Waals surface area contributed by atoms with Gasteiger partial charge in [-0.2, -0.15) is 0 Å². The Morgan fingerprint density at radius 3 is 2.50 bits per heavy atom. The normalized spacial score (nSPS) is 16.3. The number of aliphatic imine (C=N–C) groups is 1. The summed E-state index contributed by atoms with van der Waals surface area (Å²) in [5.41, 5.74) is 0. The number of nitrogens with one attached hydrogen (secondary N) is 2. The molecule has 2 N–H and O–H groups in total. The quantitative estimate of drug-likeness (QED) is 0.239. The monoisotopic (exact) mass is 494 g/mol. The molecule has 0 radical (unpaired) electrons. The minimum Gasteiger partial charge on any atom is -0.357 e. The molecule has 2 heterocycles. The highest BCUT2D eigenvalue weighted by Crippen LogP contribution is 2.11. The van der Waals surface area contributed by atoms with E-state index in [9.17, 15) is 0 Å². The second-order valence-electron chi connectivity index (χ2n) is 6.47. The summed E-state index contributed by atoms with van der Waals surface area (Å²) in [5, 5.41) is 7.82. The second-order valence-corrected chi connectivity index (χ2v) is 7.79. The first-order valence-electron chi connectivity index (χ1n) is 9.59. The van der Waals surface area contributed by atoms with Crippen LogP contribution < -0.4 is 10.6 Å². The topological polar surface area (TPSA) is 55.8 Å². The zero-order valence-corrected chi connectivity index (χ0v) is 19.6. The highest BCUT2D eigenvalue weighted by Gasteiger charge is 2.14. The molecule has 1 saturated heterocycles. The molecular weight excluding hydrogens is 459 g/mol. The van der Waals surface area contributed by atoms with Crippen LogP contribution in [0.25, 0.3) is 0 Å². The van der Waals surface area contributed by atoms with Crippen LogP contribution in [-0.2, 0) is 6.54 Å². The number of hydrogen-bond donors (Lipinski definition) is 2. The third-order valence-corrected chi connectivity index (χ3v) is 5.39. The van der Waals surface area contributed by atoms with E-state index < -0.39 is 0 Å². The molecule has 1 fully saturated rings. The molecule has 26 heavy (non-hydrogen) atoms. The van der Waals surface area contributed by atoms with Crippen LogP contribution in [0.4, 0.5) is 0 Å². The van der Waals surface area contributed by atoms with Crippen LogP contribution in [0.3, 0.4) is 0 Å². The first-order chi connectivity index (χ1) is 12.2. The lowest BCUT2D eigenvalue weighted by atomic mass is 10.2. The number of rotatable bonds is 9. The summed E-state index contributed by atoms with van der Waals surface area (Å²) in [6.45, 7) is 16.2. The minimum absolute atomic E-state index is 0. The van der Waals surface area contributed by atoms with E-state index in [4.69, 9.17) is 0 Å². The van der Waals surface area contributed by atoms with Gasteiger partial charge in [-0.3, -0.25) is 0 Å². The summed E-state index contributed by atoms with van der Waals surface area (Å²) >= 11 is 1.71. The number of thiazole rings is 1. The van der Waals surface area contributed by atoms with E-state index in [1.165, 1.54) is 57.0 Å². The Labute approximate surface area is 179 Å². The van der Waals surface area contributed by atoms with E-state index in [1.54, 1.807) is 11.3 Å². The van der Waals surface area contributed by atoms with Gasteiger partial charge >= 0.3 is 0 Å². The van der Waals surface area contributed by atoms with Gasteiger partial charge in [-0.25, -0.2) is 9.98 Å². The van der Waals surface area contributed by atoms with Crippen LogP contribution in [0.5, 0.6) is 0 Å². The van der Waals surface area contributed by atoms with Gasteiger partial charge in [-0.05, 0) is 39.8 Å². The summed E-state index contributed by atoms with van der Waals surface area (Å²) in [4.78, 5) is 15.4. The van der Waals surface area contributed by atoms with Crippen molar-refractivity contribution in [3.05, 3.63) is 16.1 Å². The number of nitrogens with zero attached hydrogens (tertiary/aromatic N) is 4. The van der Waals surface area contributed by atoms with E-state index in [-0.39, 0.29) is 24.0 Å². The maximum atomic E-state index is 4.63. The van der Waals surface area contributed by atoms with Gasteiger partial charge < -0.3 is 20.4 Å². The van der Waals surface area contributed by atoms with Gasteiger partial charge in [0.2, 0.25) is 0 Å². The van der Waals surface area contributed by atoms with Crippen molar-refractivity contribution in [2.45, 2.75) is 40.2 Å². The molecule has 0 bridgehead atoms. The fraction of sp³-hybridized carbons (Fsp3) is 0.778. The summed E-state index contributed by atoms with van der Waals surface area (Å²) in [5.74, 6) is 0.895. The minimum atomic E-state index is 0. The smallest absolute Gasteiger partial charge is 0.191 e. The summed E-state index contributed by atoms with van der Waals surface area (Å²) in [6.07, 6.45) is 4.33. The summed E-state index contributed by atoms with van der Waals surface area (Å²) in [6, 6.07) is 0. The van der Waals surface area contributed by atoms with Crippen LogP contribution in [-0.4, -0.2) is 73.1 Å². The lowest BCUT2D eigenvalue weighted by Gasteiger charge is -2.34. The van der Waals surface area contributed by atoms with E-state index >= 15 is 0 Å². The average molecular weight is 494 g/mol. The molecule has 0 unspecified atom stereocenters. The van der Waals surface area contributed by atoms with Crippen LogP contribution in [0, 0.1) is 6.92 Å². The molecule has 0 spiro atoms. The highest BCUT2D eigenvalue weighted by atomic mass is 127. The average Bonchev–Trinajstić information content (AvgIpc) is 3.05. The van der Waals surface area contributed by atoms with Crippen molar-refractivity contribution in [2.24, 2.45) is 4.99 Å². The largest absolute Gasteiger partial charge is 0.357 e. The van der Waals surface area contributed by atoms with E-state index in [0.29, 0.717) is 6.54 Å². The number of likely N-dealkylation sites (N-methyl/N-ethyl adjacent to an activating group) is 1. The number of piperazine rings is 1. The number of aromatic nitrogens is 1. The Balaban J connectivity index is 0.00000338. The SMILES string of the molecule is CCNC(=NCc1ncc(C)s1)NCCCCN1CCN(CC)CC1.I. The van der Waals surface area contributed by atoms with Gasteiger partial charge in [0.15, 0.2) is 5.96 Å². The third-order valence-electron chi connectivity index (χ3n) is 4.49. The lowest BCUT2D eigenvalue weighted by molar-refractivity contribution is 0.136. The Morgan fingerprint density at radius 1 is 1.15 bits per heavy atom. The molecule has 0 amide bonds. The molecule has 0 aliphatic carbocycles. The summed E-state index contributed by atoms with van der Waals surface area (Å²) < 4.78 is 0. The molecule has 2 rings (SSSR count). The van der Waals surface area contributed by atoms with Crippen molar-refractivity contribution in [3.63, 3.8) is 0 Å². The van der Waals surface area contributed by atoms with Gasteiger partial charge in [0.25, 0.3) is 0 Å². The van der Waals surface area contributed by atoms with Crippen molar-refractivity contribution >= 4 is 41.3 Å². The number of aryl methyl sites for hydroxylation is 1. The van der Waals surface area contributed by atoms with Crippen molar-refractivity contribution in [2.75, 3.05) is 52.4 Å². The van der Waals surface area contributed by atoms with Crippen LogP contribution in [0.15, 0.2) is 11.2 Å². The zero-order chi connectivity index (χ0) is 17.9. The Bertz CT molecular complexity index is 514. The Kier molecular flexibility index (Phi) is 12.4. The number of unbranched alkanes of at least 4 members (excludes halogenated alkanes) is 1. The lowest BCUT2D eigenvalue weighted by Crippen LogP contribution is -2.46. The van der Waals surface area contributed by atoms with E-state index in [1.807, 2.05) is 6.20 Å². The number of halogens is 1. The molecule has 0 atom stereocenters. The van der Waals surface area contributed by atoms with Gasteiger partial charge in [-0.1, -0.05) is 6.92 Å². The van der Waals surface area contributed by atoms with Gasteiger partial charge in [0.1, 0.15) is 5.01 Å². The van der Waals surface area contributed by atoms with Crippen LogP contribution in [0.2, 0.25) is 0 Å². The summed E-state index contributed by atoms with van der Waals surface area (Å²) in [7, 11) is 0. The first kappa shape index (κ1) is 23.6. The van der Waals surface area contributed by atoms with Crippen molar-refractivity contribution in [1.82, 2.24) is 25.4 Å². The van der Waals surface area contributed by atoms with Gasteiger partial charge in [0, 0.05) is 50.3 Å². The molecule has 0 aromatic carbocycles. The molecule has 0 saturated carbocycles. The molecule has 1 aliphatic rings. The van der Waals surface area contributed by atoms with Crippen molar-refractivity contribution < 1.29 is 0 Å². The Hall–Kier alpha value is -0.450. The maximum Gasteiger partial charge on any atom is 0.191 e. The molecule has 6 nitrogen and oxygen atoms in total. The first-order valence-corrected chi connectivity index (χ1v) is 10.4. The molecule has 1 aliphatic heterocycles. The predicted octanol–water partition coefficient (Wildman–Crippen LogP) is 2.54.